The number of nitrogens with zero attached hydrogens (tertiary/aromatic N) is 5. The summed E-state index contributed by atoms with van der Waals surface area (Å²) in [4.78, 5) is 65.8. The molecule has 0 aromatic carbocycles. The molecule has 2 amide bonds. The number of aliphatic imine (C=N–C) groups is 1. The Balaban J connectivity index is 0.00000630. The zero-order chi connectivity index (χ0) is 49.6. The average Bonchev–Trinajstić information content (AvgIpc) is 3.92. The number of hydrogen-bond donors (Lipinski definition) is 2. The predicted octanol–water partition coefficient (Wildman–Crippen LogP) is 0.333. The van der Waals surface area contributed by atoms with Crippen LogP contribution in [-0.4, -0.2) is 116 Å². The molecule has 69 heavy (non-hydrogen) atoms. The Kier molecular flexibility index (Phi) is 22.6. The smallest absolute Gasteiger partial charge is 0.748 e. The standard InChI is InChI=1S/C44H61N7O13S3.K.Pd/c1-8-29-24(2)32-23-37-40(28(6)45-14-9-17-65(55,56)57)26(4)34(49-37)21-33-25(3)30(12-13-38(52)46-15-10-18-66(58,59)60)42(50-33)31(20-39(53)64-7)43-41(27(5)35(51-43)22-36(29)48-32)44(54)47-16-11-19-67(61,62)63;;/h21-25,29-30H,8-20H2,1-7H3,(H7,45,46,47,48,49,50,51,52,54,55,56,57,58,59,60,61,62,63);;/q;+1;+2/p-5/t24-,25+,29-,30+;;/m1../s1. The number of methoxy groups -OCH3 is 1. The van der Waals surface area contributed by atoms with Gasteiger partial charge < -0.3 is 39.0 Å². The molecule has 3 aromatic rings. The third-order valence-electron chi connectivity index (χ3n) is 12.2. The van der Waals surface area contributed by atoms with E-state index in [4.69, 9.17) is 24.7 Å². The van der Waals surface area contributed by atoms with E-state index in [1.165, 1.54) is 7.11 Å². The number of rotatable bonds is 20. The summed E-state index contributed by atoms with van der Waals surface area (Å²) in [6.45, 7) is 11.1. The summed E-state index contributed by atoms with van der Waals surface area (Å²) in [5, 5.41) is 5.35. The number of carbonyl (C=O) groups is 3. The van der Waals surface area contributed by atoms with E-state index in [9.17, 15) is 53.3 Å². The molecule has 376 valence electrons. The number of hydrogen-bond acceptors (Lipinski definition) is 16. The van der Waals surface area contributed by atoms with Crippen molar-refractivity contribution >= 4 is 75.9 Å². The van der Waals surface area contributed by atoms with Gasteiger partial charge in [0.1, 0.15) is 0 Å². The molecular formula is C44H56KN7O13PdS3-2. The number of aryl methyl sites for hydroxylation is 2. The van der Waals surface area contributed by atoms with Crippen molar-refractivity contribution in [2.24, 2.45) is 4.99 Å². The van der Waals surface area contributed by atoms with Crippen LogP contribution in [0.1, 0.15) is 145 Å². The molecule has 8 bridgehead atoms. The van der Waals surface area contributed by atoms with Crippen LogP contribution < -0.4 is 72.0 Å². The van der Waals surface area contributed by atoms with Gasteiger partial charge in [-0.05, 0) is 64.0 Å². The number of carbonyl (C=O) groups excluding carboxylic acids is 3. The molecule has 0 fully saturated rings. The summed E-state index contributed by atoms with van der Waals surface area (Å²) < 4.78 is 107. The Hall–Kier alpha value is -2.77. The van der Waals surface area contributed by atoms with E-state index in [2.05, 4.69) is 15.6 Å². The van der Waals surface area contributed by atoms with Crippen LogP contribution in [0.4, 0.5) is 0 Å². The molecule has 25 heteroatoms. The topological polar surface area (TPSA) is 322 Å². The van der Waals surface area contributed by atoms with Gasteiger partial charge in [0.05, 0.1) is 43.9 Å². The second-order valence-corrected chi connectivity index (χ2v) is 21.5. The second kappa shape index (κ2) is 25.7. The van der Waals surface area contributed by atoms with Gasteiger partial charge in [-0.25, -0.2) is 25.3 Å². The van der Waals surface area contributed by atoms with Gasteiger partial charge in [-0.3, -0.25) is 29.3 Å². The van der Waals surface area contributed by atoms with Crippen molar-refractivity contribution in [2.45, 2.75) is 110 Å². The van der Waals surface area contributed by atoms with Crippen LogP contribution in [0, 0.1) is 13.8 Å². The molecular weight excluding hydrogens is 1080 g/mol. The third kappa shape index (κ3) is 16.4. The van der Waals surface area contributed by atoms with Gasteiger partial charge in [0.25, 0.3) is 0 Å². The molecule has 0 unspecified atom stereocenters. The number of fused-ring (bicyclic) bond motifs is 8. The van der Waals surface area contributed by atoms with E-state index in [-0.39, 0.29) is 152 Å². The zero-order valence-electron chi connectivity index (χ0n) is 39.8. The fourth-order valence-electron chi connectivity index (χ4n) is 8.65. The van der Waals surface area contributed by atoms with Crippen LogP contribution in [0.25, 0.3) is 22.1 Å². The van der Waals surface area contributed by atoms with Gasteiger partial charge in [-0.2, -0.15) is 0 Å². The molecule has 5 heterocycles. The average molecular weight is 1130 g/mol. The van der Waals surface area contributed by atoms with Gasteiger partial charge in [0, 0.05) is 101 Å². The van der Waals surface area contributed by atoms with Gasteiger partial charge in [0.2, 0.25) is 11.8 Å². The minimum atomic E-state index is -4.56. The number of amides is 2. The summed E-state index contributed by atoms with van der Waals surface area (Å²) in [5.41, 5.74) is 6.31. The van der Waals surface area contributed by atoms with Crippen LogP contribution in [0.15, 0.2) is 23.2 Å². The number of esters is 1. The maximum atomic E-state index is 14.3. The van der Waals surface area contributed by atoms with Crippen molar-refractivity contribution in [1.82, 2.24) is 30.6 Å². The second-order valence-electron chi connectivity index (χ2n) is 16.9. The van der Waals surface area contributed by atoms with Crippen molar-refractivity contribution in [3.8, 4) is 0 Å². The van der Waals surface area contributed by atoms with E-state index < -0.39 is 83.7 Å². The van der Waals surface area contributed by atoms with Crippen molar-refractivity contribution in [2.75, 3.05) is 44.0 Å². The summed E-state index contributed by atoms with van der Waals surface area (Å²) in [6, 6.07) is 5.45. The largest absolute Gasteiger partial charge is 2.00 e. The minimum Gasteiger partial charge on any atom is -0.748 e. The Morgan fingerprint density at radius 1 is 0.754 bits per heavy atom. The number of ether oxygens (including phenoxy) is 1. The van der Waals surface area contributed by atoms with E-state index in [0.717, 1.165) is 0 Å². The van der Waals surface area contributed by atoms with E-state index in [1.54, 1.807) is 26.0 Å². The first-order chi connectivity index (χ1) is 31.3. The number of aromatic nitrogens is 4. The molecule has 0 aliphatic carbocycles. The Bertz CT molecular complexity index is 2940. The summed E-state index contributed by atoms with van der Waals surface area (Å²) in [7, 11) is -12.3. The Morgan fingerprint density at radius 3 is 1.87 bits per heavy atom. The molecule has 0 spiro atoms. The summed E-state index contributed by atoms with van der Waals surface area (Å²) in [5.74, 6) is -4.99. The van der Waals surface area contributed by atoms with Crippen LogP contribution in [-0.2, 0) is 71.5 Å². The summed E-state index contributed by atoms with van der Waals surface area (Å²) in [6.07, 6.45) is 0.0779. The molecule has 0 saturated carbocycles. The molecule has 2 aliphatic rings. The van der Waals surface area contributed by atoms with E-state index in [1.807, 2.05) is 33.8 Å². The van der Waals surface area contributed by atoms with Gasteiger partial charge in [0.15, 0.2) is 0 Å². The van der Waals surface area contributed by atoms with Gasteiger partial charge in [-0.15, -0.1) is 22.1 Å². The molecule has 4 atom stereocenters. The summed E-state index contributed by atoms with van der Waals surface area (Å²) >= 11 is 0. The van der Waals surface area contributed by atoms with Crippen LogP contribution in [0.2, 0.25) is 0 Å². The van der Waals surface area contributed by atoms with Crippen molar-refractivity contribution < 1.29 is 130 Å². The third-order valence-corrected chi connectivity index (χ3v) is 14.6. The quantitative estimate of drug-likeness (QED) is 0.0506. The Labute approximate surface area is 459 Å². The van der Waals surface area contributed by atoms with Crippen molar-refractivity contribution in [1.29, 1.82) is 0 Å². The molecule has 0 radical (unpaired) electrons. The molecule has 5 rings (SSSR count). The number of nitrogens with one attached hydrogen (secondary N) is 2. The fraction of sp³-hybridized carbons (Fsp3) is 0.545. The Morgan fingerprint density at radius 2 is 1.28 bits per heavy atom. The van der Waals surface area contributed by atoms with Gasteiger partial charge in [-0.1, -0.05) is 50.1 Å². The maximum Gasteiger partial charge on any atom is 2.00 e. The molecule has 2 aliphatic heterocycles. The van der Waals surface area contributed by atoms with Crippen LogP contribution in [0.5, 0.6) is 0 Å². The first-order valence-corrected chi connectivity index (χ1v) is 26.7. The first kappa shape index (κ1) is 60.5. The normalized spacial score (nSPS) is 17.4. The van der Waals surface area contributed by atoms with E-state index >= 15 is 0 Å². The van der Waals surface area contributed by atoms with Crippen molar-refractivity contribution in [3.63, 3.8) is 0 Å². The SMILES string of the molecule is CC[C@H]1c2cc3[n-]c(c(CC(=O)OC)c4nc(cc5[n-]c(cc(n2)[C@@H]1C)c(C(C)=NCCCS(=O)(=O)[O-])c5C)[C@@H](C)[C@@H]4CCC(=O)NCCCS(=O)(=O)[O-])c(C(=O)NCCCS(=O)(=O)[O-])c3C.[K+].[Pd+2]. The maximum absolute atomic E-state index is 14.3. The van der Waals surface area contributed by atoms with Crippen LogP contribution in [0.3, 0.4) is 0 Å². The van der Waals surface area contributed by atoms with E-state index in [0.29, 0.717) is 68.1 Å². The molecule has 20 nitrogen and oxygen atoms in total. The predicted molar refractivity (Wildman–Crippen MR) is 246 cm³/mol. The zero-order valence-corrected chi connectivity index (χ0v) is 46.9. The van der Waals surface area contributed by atoms with Gasteiger partial charge >= 0.3 is 77.8 Å². The minimum absolute atomic E-state index is 0. The monoisotopic (exact) mass is 1130 g/mol. The molecule has 2 N–H and O–H groups in total. The van der Waals surface area contributed by atoms with Crippen LogP contribution >= 0.6 is 0 Å². The molecule has 3 aromatic heterocycles. The first-order valence-electron chi connectivity index (χ1n) is 21.9. The van der Waals surface area contributed by atoms with Crippen molar-refractivity contribution in [3.05, 3.63) is 68.8 Å². The fourth-order valence-corrected chi connectivity index (χ4v) is 10.1. The molecule has 0 saturated heterocycles.